The first kappa shape index (κ1) is 14.9. The molecule has 0 amide bonds. The van der Waals surface area contributed by atoms with Gasteiger partial charge in [-0.1, -0.05) is 24.6 Å². The van der Waals surface area contributed by atoms with Crippen LogP contribution >= 0.6 is 0 Å². The molecule has 0 saturated heterocycles. The predicted molar refractivity (Wildman–Crippen MR) is 77.4 cm³/mol. The molecule has 0 aliphatic rings. The Labute approximate surface area is 111 Å². The van der Waals surface area contributed by atoms with Gasteiger partial charge in [0, 0.05) is 24.6 Å². The van der Waals surface area contributed by atoms with E-state index in [1.54, 1.807) is 0 Å². The van der Waals surface area contributed by atoms with E-state index in [4.69, 9.17) is 0 Å². The summed E-state index contributed by atoms with van der Waals surface area (Å²) in [5.74, 6) is 0.251. The maximum Gasteiger partial charge on any atom is 0.164 e. The van der Waals surface area contributed by atoms with Gasteiger partial charge in [0.15, 0.2) is 5.78 Å². The Bertz CT molecular complexity index is 400. The molecule has 0 bridgehead atoms. The van der Waals surface area contributed by atoms with Crippen molar-refractivity contribution in [2.24, 2.45) is 0 Å². The Morgan fingerprint density at radius 3 is 2.28 bits per heavy atom. The first-order valence-corrected chi connectivity index (χ1v) is 6.80. The number of hydrogen-bond donors (Lipinski definition) is 1. The SMILES string of the molecule is CCC(C)NCCC(=O)c1c(C)cc(C)cc1C. The summed E-state index contributed by atoms with van der Waals surface area (Å²) >= 11 is 0. The average Bonchev–Trinajstić information content (AvgIpc) is 2.27. The zero-order valence-electron chi connectivity index (χ0n) is 12.3. The highest BCUT2D eigenvalue weighted by Gasteiger charge is 2.12. The van der Waals surface area contributed by atoms with Crippen molar-refractivity contribution in [2.45, 2.75) is 53.5 Å². The number of carbonyl (C=O) groups is 1. The second kappa shape index (κ2) is 6.69. The topological polar surface area (TPSA) is 29.1 Å². The molecule has 1 N–H and O–H groups in total. The predicted octanol–water partition coefficient (Wildman–Crippen LogP) is 3.57. The molecule has 0 aliphatic heterocycles. The average molecular weight is 247 g/mol. The summed E-state index contributed by atoms with van der Waals surface area (Å²) in [5, 5.41) is 3.36. The third-order valence-corrected chi connectivity index (χ3v) is 3.41. The highest BCUT2D eigenvalue weighted by molar-refractivity contribution is 5.99. The van der Waals surface area contributed by atoms with E-state index in [1.807, 2.05) is 13.8 Å². The summed E-state index contributed by atoms with van der Waals surface area (Å²) in [6.07, 6.45) is 1.67. The Balaban J connectivity index is 2.67. The van der Waals surface area contributed by atoms with Gasteiger partial charge in [-0.2, -0.15) is 0 Å². The van der Waals surface area contributed by atoms with Gasteiger partial charge in [-0.05, 0) is 45.2 Å². The molecule has 0 aromatic heterocycles. The van der Waals surface area contributed by atoms with Crippen LogP contribution in [0.4, 0.5) is 0 Å². The Morgan fingerprint density at radius 2 is 1.78 bits per heavy atom. The molecule has 2 nitrogen and oxygen atoms in total. The summed E-state index contributed by atoms with van der Waals surface area (Å²) in [5.41, 5.74) is 4.33. The number of aryl methyl sites for hydroxylation is 3. The lowest BCUT2D eigenvalue weighted by Gasteiger charge is -2.13. The minimum absolute atomic E-state index is 0.251. The summed E-state index contributed by atoms with van der Waals surface area (Å²) in [6, 6.07) is 4.66. The van der Waals surface area contributed by atoms with Gasteiger partial charge in [-0.25, -0.2) is 0 Å². The molecular weight excluding hydrogens is 222 g/mol. The van der Waals surface area contributed by atoms with E-state index in [2.05, 4.69) is 38.2 Å². The van der Waals surface area contributed by atoms with E-state index >= 15 is 0 Å². The number of carbonyl (C=O) groups excluding carboxylic acids is 1. The van der Waals surface area contributed by atoms with E-state index in [0.717, 1.165) is 29.7 Å². The van der Waals surface area contributed by atoms with Gasteiger partial charge in [0.1, 0.15) is 0 Å². The van der Waals surface area contributed by atoms with Crippen molar-refractivity contribution in [3.63, 3.8) is 0 Å². The molecule has 2 heteroatoms. The molecule has 0 fully saturated rings. The number of ketones is 1. The van der Waals surface area contributed by atoms with Gasteiger partial charge < -0.3 is 5.32 Å². The zero-order chi connectivity index (χ0) is 13.7. The first-order chi connectivity index (χ1) is 8.45. The third-order valence-electron chi connectivity index (χ3n) is 3.41. The first-order valence-electron chi connectivity index (χ1n) is 6.80. The van der Waals surface area contributed by atoms with E-state index in [1.165, 1.54) is 5.56 Å². The molecule has 1 rings (SSSR count). The van der Waals surface area contributed by atoms with E-state index in [9.17, 15) is 4.79 Å². The molecule has 0 heterocycles. The molecule has 0 radical (unpaired) electrons. The van der Waals surface area contributed by atoms with Gasteiger partial charge in [0.25, 0.3) is 0 Å². The van der Waals surface area contributed by atoms with Crippen molar-refractivity contribution in [1.29, 1.82) is 0 Å². The minimum atomic E-state index is 0.251. The molecular formula is C16H25NO. The largest absolute Gasteiger partial charge is 0.314 e. The second-order valence-electron chi connectivity index (χ2n) is 5.21. The molecule has 1 aromatic carbocycles. The smallest absolute Gasteiger partial charge is 0.164 e. The highest BCUT2D eigenvalue weighted by atomic mass is 16.1. The molecule has 18 heavy (non-hydrogen) atoms. The summed E-state index contributed by atoms with van der Waals surface area (Å²) in [6.45, 7) is 11.2. The molecule has 1 unspecified atom stereocenters. The second-order valence-corrected chi connectivity index (χ2v) is 5.21. The van der Waals surface area contributed by atoms with Gasteiger partial charge in [-0.3, -0.25) is 4.79 Å². The van der Waals surface area contributed by atoms with Gasteiger partial charge in [0.2, 0.25) is 0 Å². The zero-order valence-corrected chi connectivity index (χ0v) is 12.3. The molecule has 1 aromatic rings. The van der Waals surface area contributed by atoms with Crippen LogP contribution in [0.1, 0.15) is 53.7 Å². The standard InChI is InChI=1S/C16H25NO/c1-6-14(5)17-8-7-15(18)16-12(3)9-11(2)10-13(16)4/h9-10,14,17H,6-8H2,1-5H3. The van der Waals surface area contributed by atoms with E-state index in [0.29, 0.717) is 12.5 Å². The fraction of sp³-hybridized carbons (Fsp3) is 0.562. The third kappa shape index (κ3) is 3.95. The molecule has 1 atom stereocenters. The number of hydrogen-bond acceptors (Lipinski definition) is 2. The fourth-order valence-electron chi connectivity index (χ4n) is 2.32. The number of rotatable bonds is 6. The minimum Gasteiger partial charge on any atom is -0.314 e. The Hall–Kier alpha value is -1.15. The summed E-state index contributed by atoms with van der Waals surface area (Å²) in [4.78, 5) is 12.2. The van der Waals surface area contributed by atoms with Crippen molar-refractivity contribution in [2.75, 3.05) is 6.54 Å². The maximum absolute atomic E-state index is 12.2. The van der Waals surface area contributed by atoms with Gasteiger partial charge in [-0.15, -0.1) is 0 Å². The van der Waals surface area contributed by atoms with Crippen molar-refractivity contribution in [3.05, 3.63) is 34.4 Å². The van der Waals surface area contributed by atoms with Gasteiger partial charge >= 0.3 is 0 Å². The van der Waals surface area contributed by atoms with Crippen LogP contribution in [-0.4, -0.2) is 18.4 Å². The van der Waals surface area contributed by atoms with Crippen LogP contribution in [0.3, 0.4) is 0 Å². The molecule has 0 spiro atoms. The van der Waals surface area contributed by atoms with Crippen LogP contribution in [0.2, 0.25) is 0 Å². The van der Waals surface area contributed by atoms with Crippen LogP contribution in [0.5, 0.6) is 0 Å². The number of nitrogens with one attached hydrogen (secondary N) is 1. The maximum atomic E-state index is 12.2. The lowest BCUT2D eigenvalue weighted by molar-refractivity contribution is 0.0980. The number of benzene rings is 1. The Morgan fingerprint density at radius 1 is 1.22 bits per heavy atom. The number of Topliss-reactive ketones (excluding diaryl/α,β-unsaturated/α-hetero) is 1. The lowest BCUT2D eigenvalue weighted by Crippen LogP contribution is -2.27. The summed E-state index contributed by atoms with van der Waals surface area (Å²) in [7, 11) is 0. The highest BCUT2D eigenvalue weighted by Crippen LogP contribution is 2.17. The van der Waals surface area contributed by atoms with Crippen LogP contribution in [0.25, 0.3) is 0 Å². The summed E-state index contributed by atoms with van der Waals surface area (Å²) < 4.78 is 0. The van der Waals surface area contributed by atoms with Crippen molar-refractivity contribution < 1.29 is 4.79 Å². The van der Waals surface area contributed by atoms with E-state index in [-0.39, 0.29) is 5.78 Å². The normalized spacial score (nSPS) is 12.5. The van der Waals surface area contributed by atoms with Crippen molar-refractivity contribution >= 4 is 5.78 Å². The molecule has 0 aliphatic carbocycles. The molecule has 100 valence electrons. The van der Waals surface area contributed by atoms with Crippen molar-refractivity contribution in [1.82, 2.24) is 5.32 Å². The van der Waals surface area contributed by atoms with Crippen LogP contribution in [-0.2, 0) is 0 Å². The molecule has 0 saturated carbocycles. The van der Waals surface area contributed by atoms with E-state index < -0.39 is 0 Å². The lowest BCUT2D eigenvalue weighted by atomic mass is 9.95. The Kier molecular flexibility index (Phi) is 5.54. The quantitative estimate of drug-likeness (QED) is 0.779. The monoisotopic (exact) mass is 247 g/mol. The van der Waals surface area contributed by atoms with Crippen LogP contribution in [0, 0.1) is 20.8 Å². The van der Waals surface area contributed by atoms with Crippen LogP contribution < -0.4 is 5.32 Å². The van der Waals surface area contributed by atoms with Crippen molar-refractivity contribution in [3.8, 4) is 0 Å². The van der Waals surface area contributed by atoms with Gasteiger partial charge in [0.05, 0.1) is 0 Å². The fourth-order valence-corrected chi connectivity index (χ4v) is 2.32. The van der Waals surface area contributed by atoms with Crippen LogP contribution in [0.15, 0.2) is 12.1 Å².